The van der Waals surface area contributed by atoms with Gasteiger partial charge in [-0.2, -0.15) is 0 Å². The second-order valence-electron chi connectivity index (χ2n) is 0. The van der Waals surface area contributed by atoms with Crippen LogP contribution in [0.15, 0.2) is 0 Å². The van der Waals surface area contributed by atoms with Crippen LogP contribution in [-0.2, 0) is 22.5 Å². The summed E-state index contributed by atoms with van der Waals surface area (Å²) in [5.41, 5.74) is 0. The first-order valence-electron chi connectivity index (χ1n) is 0. The molecule has 0 aliphatic heterocycles. The Bertz CT molecular complexity index is 8.00. The van der Waals surface area contributed by atoms with Crippen LogP contribution >= 0.6 is 0 Å². The molecular weight excluding hydrogens is 303 g/mol. The van der Waals surface area contributed by atoms with Crippen molar-refractivity contribution in [3.8, 4) is 0 Å². The van der Waals surface area contributed by atoms with Crippen LogP contribution in [0.5, 0.6) is 0 Å². The first-order chi connectivity index (χ1) is 0. The third kappa shape index (κ3) is 9.00. The summed E-state index contributed by atoms with van der Waals surface area (Å²) in [4.78, 5) is 0. The van der Waals surface area contributed by atoms with E-state index in [0.717, 1.165) is 0 Å². The zero-order valence-electron chi connectivity index (χ0n) is 1.29. The molecule has 0 aromatic carbocycles. The molecule has 0 saturated heterocycles. The van der Waals surface area contributed by atoms with Crippen molar-refractivity contribution in [2.24, 2.45) is 0 Å². The van der Waals surface area contributed by atoms with Gasteiger partial charge in [0.25, 0.3) is 0 Å². The van der Waals surface area contributed by atoms with Crippen molar-refractivity contribution in [3.05, 3.63) is 0 Å². The molecule has 0 fully saturated rings. The number of rotatable bonds is 0. The Hall–Kier alpha value is 3.31. The van der Waals surface area contributed by atoms with E-state index in [1.807, 2.05) is 0 Å². The molecule has 4 heavy (non-hydrogen) atoms. The SMILES string of the molecule is [Mn+2].[Nd].[O-2].[SrH2]. The monoisotopic (exact) mass is 303 g/mol. The Morgan fingerprint density at radius 1 is 1.00 bits per heavy atom. The minimum atomic E-state index is 0. The van der Waals surface area contributed by atoms with Gasteiger partial charge in [0.15, 0.2) is 0 Å². The Balaban J connectivity index is 0. The van der Waals surface area contributed by atoms with Crippen LogP contribution in [0.3, 0.4) is 0 Å². The van der Waals surface area contributed by atoms with Gasteiger partial charge in [-0.05, 0) is 0 Å². The maximum atomic E-state index is 0. The van der Waals surface area contributed by atoms with Crippen molar-refractivity contribution in [1.29, 1.82) is 0 Å². The van der Waals surface area contributed by atoms with Crippen LogP contribution in [0, 0.1) is 40.8 Å². The van der Waals surface area contributed by atoms with Crippen LogP contribution in [0.1, 0.15) is 0 Å². The van der Waals surface area contributed by atoms with Crippen molar-refractivity contribution in [3.63, 3.8) is 0 Å². The third-order valence-corrected chi connectivity index (χ3v) is 0. The Labute approximate surface area is 106 Å². The third-order valence-electron chi connectivity index (χ3n) is 0. The van der Waals surface area contributed by atoms with Gasteiger partial charge in [0.1, 0.15) is 0 Å². The molecule has 0 spiro atoms. The molecule has 4 heteroatoms. The molecule has 0 aliphatic carbocycles. The zero-order valence-corrected chi connectivity index (χ0v) is 5.67. The summed E-state index contributed by atoms with van der Waals surface area (Å²) in [6.45, 7) is 0. The molecule has 0 aliphatic rings. The van der Waals surface area contributed by atoms with E-state index in [0.29, 0.717) is 0 Å². The molecule has 0 aromatic rings. The molecule has 0 N–H and O–H groups in total. The predicted octanol–water partition coefficient (Wildman–Crippen LogP) is -1.04. The summed E-state index contributed by atoms with van der Waals surface area (Å²) in [6.07, 6.45) is 0. The van der Waals surface area contributed by atoms with E-state index < -0.39 is 0 Å². The minimum absolute atomic E-state index is 0. The normalized spacial score (nSPS) is 0. The van der Waals surface area contributed by atoms with E-state index >= 15 is 0 Å². The Kier molecular flexibility index (Phi) is 108. The quantitative estimate of drug-likeness (QED) is 0.512. The summed E-state index contributed by atoms with van der Waals surface area (Å²) >= 11 is 0. The first-order valence-corrected chi connectivity index (χ1v) is 0. The van der Waals surface area contributed by atoms with Crippen molar-refractivity contribution < 1.29 is 63.4 Å². The fourth-order valence-corrected chi connectivity index (χ4v) is 0. The standard InChI is InChI=1S/Mn.Nd.O.Sr.2H/q+2;;-2;;;. The molecular formula is H2MnNdOSr. The van der Waals surface area contributed by atoms with E-state index in [-0.39, 0.29) is 109 Å². The molecule has 21 valence electrons. The van der Waals surface area contributed by atoms with E-state index in [1.165, 1.54) is 0 Å². The molecule has 0 atom stereocenters. The van der Waals surface area contributed by atoms with Gasteiger partial charge in [0.2, 0.25) is 0 Å². The second-order valence-corrected chi connectivity index (χ2v) is 0. The average Bonchev–Trinajstić information content (AvgIpc) is 0. The first kappa shape index (κ1) is 26.6. The van der Waals surface area contributed by atoms with Gasteiger partial charge < -0.3 is 5.48 Å². The van der Waals surface area contributed by atoms with Crippen molar-refractivity contribution in [1.82, 2.24) is 0 Å². The van der Waals surface area contributed by atoms with Crippen LogP contribution in [0.2, 0.25) is 0 Å². The molecule has 0 aromatic heterocycles. The second kappa shape index (κ2) is 16.2. The van der Waals surface area contributed by atoms with Gasteiger partial charge in [0.05, 0.1) is 0 Å². The molecule has 0 unspecified atom stereocenters. The van der Waals surface area contributed by atoms with Gasteiger partial charge in [-0.25, -0.2) is 0 Å². The van der Waals surface area contributed by atoms with Crippen LogP contribution in [-0.4, -0.2) is 45.5 Å². The van der Waals surface area contributed by atoms with Crippen LogP contribution in [0.4, 0.5) is 0 Å². The molecule has 0 heterocycles. The average molecular weight is 305 g/mol. The van der Waals surface area contributed by atoms with E-state index in [4.69, 9.17) is 0 Å². The molecule has 1 radical (unpaired) electrons. The fourth-order valence-electron chi connectivity index (χ4n) is 0. The van der Waals surface area contributed by atoms with Gasteiger partial charge in [-0.3, -0.25) is 0 Å². The van der Waals surface area contributed by atoms with E-state index in [9.17, 15) is 0 Å². The summed E-state index contributed by atoms with van der Waals surface area (Å²) in [5.74, 6) is 0. The zero-order chi connectivity index (χ0) is 0. The Morgan fingerprint density at radius 2 is 1.00 bits per heavy atom. The molecule has 0 rings (SSSR count). The van der Waals surface area contributed by atoms with Crippen molar-refractivity contribution in [2.45, 2.75) is 0 Å². The predicted molar refractivity (Wildman–Crippen MR) is 9.23 cm³/mol. The summed E-state index contributed by atoms with van der Waals surface area (Å²) in [6, 6.07) is 0. The van der Waals surface area contributed by atoms with Gasteiger partial charge >= 0.3 is 62.6 Å². The summed E-state index contributed by atoms with van der Waals surface area (Å²) in [7, 11) is 0. The van der Waals surface area contributed by atoms with Gasteiger partial charge in [-0.15, -0.1) is 0 Å². The maximum absolute atomic E-state index is 0. The van der Waals surface area contributed by atoms with Crippen molar-refractivity contribution >= 4 is 45.5 Å². The fraction of sp³-hybridized carbons (Fsp3) is 0. The molecule has 0 bridgehead atoms. The van der Waals surface area contributed by atoms with E-state index in [2.05, 4.69) is 0 Å². The van der Waals surface area contributed by atoms with Crippen molar-refractivity contribution in [2.75, 3.05) is 0 Å². The van der Waals surface area contributed by atoms with Gasteiger partial charge in [-0.1, -0.05) is 0 Å². The molecule has 1 nitrogen and oxygen atoms in total. The van der Waals surface area contributed by atoms with Gasteiger partial charge in [0, 0.05) is 40.8 Å². The summed E-state index contributed by atoms with van der Waals surface area (Å²) < 4.78 is 0. The molecule has 0 saturated carbocycles. The Morgan fingerprint density at radius 3 is 1.00 bits per heavy atom. The van der Waals surface area contributed by atoms with E-state index in [1.54, 1.807) is 0 Å². The topological polar surface area (TPSA) is 28.5 Å². The number of hydrogen-bond donors (Lipinski definition) is 0. The van der Waals surface area contributed by atoms with Crippen LogP contribution in [0.25, 0.3) is 0 Å². The van der Waals surface area contributed by atoms with Crippen LogP contribution < -0.4 is 0 Å². The summed E-state index contributed by atoms with van der Waals surface area (Å²) in [5, 5.41) is 0. The molecule has 0 amide bonds. The number of hydrogen-bond acceptors (Lipinski definition) is 0.